The van der Waals surface area contributed by atoms with Crippen molar-refractivity contribution >= 4 is 17.3 Å². The van der Waals surface area contributed by atoms with Crippen molar-refractivity contribution in [1.29, 1.82) is 0 Å². The fourth-order valence-electron chi connectivity index (χ4n) is 3.43. The van der Waals surface area contributed by atoms with Gasteiger partial charge in [-0.2, -0.15) is 0 Å². The Bertz CT molecular complexity index is 935. The number of nitrogens with one attached hydrogen (secondary N) is 1. The van der Waals surface area contributed by atoms with E-state index in [2.05, 4.69) is 5.32 Å². The highest BCUT2D eigenvalue weighted by molar-refractivity contribution is 6.16. The van der Waals surface area contributed by atoms with Crippen molar-refractivity contribution in [2.24, 2.45) is 0 Å². The predicted octanol–water partition coefficient (Wildman–Crippen LogP) is 4.46. The van der Waals surface area contributed by atoms with Gasteiger partial charge in [0.05, 0.1) is 0 Å². The lowest BCUT2D eigenvalue weighted by Gasteiger charge is -2.28. The fourth-order valence-corrected chi connectivity index (χ4v) is 3.43. The van der Waals surface area contributed by atoms with Crippen LogP contribution in [0.3, 0.4) is 0 Å². The van der Waals surface area contributed by atoms with Crippen LogP contribution in [0.1, 0.15) is 32.7 Å². The van der Waals surface area contributed by atoms with Crippen LogP contribution in [0.15, 0.2) is 84.9 Å². The van der Waals surface area contributed by atoms with Crippen LogP contribution in [0, 0.1) is 0 Å². The second-order valence-corrected chi connectivity index (χ2v) is 6.24. The molecule has 0 bridgehead atoms. The van der Waals surface area contributed by atoms with E-state index in [-0.39, 0.29) is 18.0 Å². The van der Waals surface area contributed by atoms with Crippen LogP contribution < -0.4 is 5.32 Å². The van der Waals surface area contributed by atoms with E-state index in [1.807, 2.05) is 72.8 Å². The maximum Gasteiger partial charge on any atom is 0.195 e. The summed E-state index contributed by atoms with van der Waals surface area (Å²) in [5, 5.41) is 3.34. The number of ketones is 2. The van der Waals surface area contributed by atoms with Gasteiger partial charge in [0.1, 0.15) is 5.54 Å². The smallest absolute Gasteiger partial charge is 0.195 e. The van der Waals surface area contributed by atoms with Crippen LogP contribution in [-0.4, -0.2) is 11.6 Å². The number of hydrogen-bond donors (Lipinski definition) is 1. The fraction of sp³-hybridized carbons (Fsp3) is 0.0909. The van der Waals surface area contributed by atoms with Gasteiger partial charge in [-0.25, -0.2) is 0 Å². The van der Waals surface area contributed by atoms with Crippen molar-refractivity contribution in [2.75, 3.05) is 5.32 Å². The first-order valence-electron chi connectivity index (χ1n) is 8.26. The number of carbonyl (C=O) groups excluding carboxylic acids is 2. The molecule has 0 unspecified atom stereocenters. The molecule has 4 rings (SSSR count). The van der Waals surface area contributed by atoms with E-state index in [1.165, 1.54) is 0 Å². The molecular weight excluding hydrogens is 310 g/mol. The van der Waals surface area contributed by atoms with Crippen LogP contribution in [0.25, 0.3) is 0 Å². The average Bonchev–Trinajstić information content (AvgIpc) is 2.96. The van der Waals surface area contributed by atoms with Crippen molar-refractivity contribution < 1.29 is 9.59 Å². The molecule has 3 nitrogen and oxygen atoms in total. The topological polar surface area (TPSA) is 46.2 Å². The van der Waals surface area contributed by atoms with E-state index in [0.29, 0.717) is 11.1 Å². The molecule has 3 aromatic carbocycles. The molecule has 3 heteroatoms. The van der Waals surface area contributed by atoms with Crippen LogP contribution in [0.2, 0.25) is 0 Å². The Morgan fingerprint density at radius 3 is 2.08 bits per heavy atom. The molecule has 1 aliphatic heterocycles. The number of para-hydroxylation sites is 1. The Labute approximate surface area is 146 Å². The van der Waals surface area contributed by atoms with E-state index >= 15 is 0 Å². The lowest BCUT2D eigenvalue weighted by atomic mass is 9.80. The van der Waals surface area contributed by atoms with Crippen molar-refractivity contribution in [1.82, 2.24) is 0 Å². The number of Topliss-reactive ketones (excluding diaryl/α,β-unsaturated/α-hetero) is 2. The lowest BCUT2D eigenvalue weighted by molar-refractivity contribution is 0.0846. The van der Waals surface area contributed by atoms with Gasteiger partial charge in [0.25, 0.3) is 0 Å². The number of carbonyl (C=O) groups is 2. The highest BCUT2D eigenvalue weighted by atomic mass is 16.1. The summed E-state index contributed by atoms with van der Waals surface area (Å²) in [6, 6.07) is 26.0. The number of anilines is 1. The van der Waals surface area contributed by atoms with E-state index < -0.39 is 5.54 Å². The van der Waals surface area contributed by atoms with Gasteiger partial charge in [0.2, 0.25) is 0 Å². The van der Waals surface area contributed by atoms with Crippen LogP contribution in [0.4, 0.5) is 5.69 Å². The Morgan fingerprint density at radius 1 is 0.800 bits per heavy atom. The monoisotopic (exact) mass is 327 g/mol. The molecule has 1 aliphatic rings. The molecule has 0 aromatic heterocycles. The summed E-state index contributed by atoms with van der Waals surface area (Å²) in [6.07, 6.45) is 0.0779. The molecule has 0 amide bonds. The van der Waals surface area contributed by atoms with E-state index in [9.17, 15) is 9.59 Å². The Balaban J connectivity index is 1.80. The largest absolute Gasteiger partial charge is 0.368 e. The quantitative estimate of drug-likeness (QED) is 0.720. The molecule has 1 N–H and O–H groups in total. The van der Waals surface area contributed by atoms with Gasteiger partial charge in [0.15, 0.2) is 11.6 Å². The Morgan fingerprint density at radius 2 is 1.40 bits per heavy atom. The third-order valence-corrected chi connectivity index (χ3v) is 4.70. The van der Waals surface area contributed by atoms with Crippen molar-refractivity contribution in [3.05, 3.63) is 102 Å². The van der Waals surface area contributed by atoms with Gasteiger partial charge in [-0.1, -0.05) is 72.8 Å². The third kappa shape index (κ3) is 2.54. The first-order chi connectivity index (χ1) is 12.2. The zero-order valence-corrected chi connectivity index (χ0v) is 13.6. The van der Waals surface area contributed by atoms with Crippen molar-refractivity contribution in [2.45, 2.75) is 12.0 Å². The first-order valence-corrected chi connectivity index (χ1v) is 8.26. The first kappa shape index (κ1) is 15.3. The molecule has 0 fully saturated rings. The molecule has 0 saturated heterocycles. The maximum absolute atomic E-state index is 13.3. The molecule has 122 valence electrons. The highest BCUT2D eigenvalue weighted by Crippen LogP contribution is 2.42. The van der Waals surface area contributed by atoms with Gasteiger partial charge in [0, 0.05) is 23.2 Å². The summed E-state index contributed by atoms with van der Waals surface area (Å²) in [6.45, 7) is 0. The molecular formula is C22H17NO2. The molecule has 1 heterocycles. The van der Waals surface area contributed by atoms with Crippen molar-refractivity contribution in [3.63, 3.8) is 0 Å². The lowest BCUT2D eigenvalue weighted by Crippen LogP contribution is -2.40. The zero-order chi connectivity index (χ0) is 17.3. The zero-order valence-electron chi connectivity index (χ0n) is 13.6. The summed E-state index contributed by atoms with van der Waals surface area (Å²) < 4.78 is 0. The molecule has 0 radical (unpaired) electrons. The number of rotatable bonds is 4. The summed E-state index contributed by atoms with van der Waals surface area (Å²) in [7, 11) is 0. The minimum atomic E-state index is -1.06. The molecule has 0 spiro atoms. The summed E-state index contributed by atoms with van der Waals surface area (Å²) in [4.78, 5) is 26.2. The SMILES string of the molecule is O=C(C[C@]1(c2ccccc2)Nc2ccccc2C1=O)c1ccccc1. The van der Waals surface area contributed by atoms with Gasteiger partial charge < -0.3 is 5.32 Å². The summed E-state index contributed by atoms with van der Waals surface area (Å²) in [5.41, 5.74) is 1.77. The van der Waals surface area contributed by atoms with Gasteiger partial charge >= 0.3 is 0 Å². The van der Waals surface area contributed by atoms with Crippen LogP contribution in [-0.2, 0) is 5.54 Å². The second-order valence-electron chi connectivity index (χ2n) is 6.24. The standard InChI is InChI=1S/C22H17NO2/c24-20(16-9-3-1-4-10-16)15-22(17-11-5-2-6-12-17)21(25)18-13-7-8-14-19(18)23-22/h1-14,23H,15H2/t22-/m1/s1. The number of hydrogen-bond acceptors (Lipinski definition) is 3. The Kier molecular flexibility index (Phi) is 3.69. The van der Waals surface area contributed by atoms with E-state index in [1.54, 1.807) is 12.1 Å². The Hall–Kier alpha value is -3.20. The van der Waals surface area contributed by atoms with Gasteiger partial charge in [-0.3, -0.25) is 9.59 Å². The molecule has 3 aromatic rings. The third-order valence-electron chi connectivity index (χ3n) is 4.70. The highest BCUT2D eigenvalue weighted by Gasteiger charge is 2.47. The maximum atomic E-state index is 13.3. The second kappa shape index (κ2) is 6.02. The van der Waals surface area contributed by atoms with Gasteiger partial charge in [-0.05, 0) is 17.7 Å². The van der Waals surface area contributed by atoms with Crippen LogP contribution >= 0.6 is 0 Å². The molecule has 0 saturated carbocycles. The summed E-state index contributed by atoms with van der Waals surface area (Å²) >= 11 is 0. The average molecular weight is 327 g/mol. The molecule has 1 atom stereocenters. The number of fused-ring (bicyclic) bond motifs is 1. The normalized spacial score (nSPS) is 18.5. The van der Waals surface area contributed by atoms with Crippen LogP contribution in [0.5, 0.6) is 0 Å². The van der Waals surface area contributed by atoms with Crippen molar-refractivity contribution in [3.8, 4) is 0 Å². The molecule has 0 aliphatic carbocycles. The molecule has 25 heavy (non-hydrogen) atoms. The summed E-state index contributed by atoms with van der Waals surface area (Å²) in [5.74, 6) is -0.114. The minimum absolute atomic E-state index is 0.0569. The predicted molar refractivity (Wildman–Crippen MR) is 97.9 cm³/mol. The van der Waals surface area contributed by atoms with E-state index in [0.717, 1.165) is 11.3 Å². The van der Waals surface area contributed by atoms with Gasteiger partial charge in [-0.15, -0.1) is 0 Å². The number of benzene rings is 3. The minimum Gasteiger partial charge on any atom is -0.368 e. The van der Waals surface area contributed by atoms with E-state index in [4.69, 9.17) is 0 Å².